The van der Waals surface area contributed by atoms with Crippen LogP contribution < -0.4 is 0 Å². The van der Waals surface area contributed by atoms with Crippen molar-refractivity contribution in [1.82, 2.24) is 9.80 Å². The van der Waals surface area contributed by atoms with E-state index in [2.05, 4.69) is 70.5 Å². The molecule has 2 saturated heterocycles. The minimum Gasteiger partial charge on any atom is -0.460 e. The summed E-state index contributed by atoms with van der Waals surface area (Å²) in [5.41, 5.74) is 3.16. The maximum Gasteiger partial charge on any atom is 0.320 e. The quantitative estimate of drug-likeness (QED) is 0.344. The largest absolute Gasteiger partial charge is 0.460 e. The summed E-state index contributed by atoms with van der Waals surface area (Å²) in [6.07, 6.45) is 4.58. The van der Waals surface area contributed by atoms with E-state index in [0.29, 0.717) is 25.0 Å². The fourth-order valence-corrected chi connectivity index (χ4v) is 6.32. The first-order valence-corrected chi connectivity index (χ1v) is 14.5. The molecule has 0 saturated carbocycles. The third-order valence-electron chi connectivity index (χ3n) is 8.57. The Hall–Kier alpha value is -2.99. The number of nitrogens with zero attached hydrogens (tertiary/aromatic N) is 2. The number of aryl methyl sites for hydroxylation is 1. The predicted molar refractivity (Wildman–Crippen MR) is 155 cm³/mol. The molecule has 5 heteroatoms. The number of likely N-dealkylation sites (tertiary alicyclic amines) is 2. The van der Waals surface area contributed by atoms with Gasteiger partial charge in [0.05, 0.1) is 12.1 Å². The van der Waals surface area contributed by atoms with Gasteiger partial charge in [-0.1, -0.05) is 91.0 Å². The van der Waals surface area contributed by atoms with E-state index in [4.69, 9.17) is 4.74 Å². The normalized spacial score (nSPS) is 21.6. The second-order valence-electron chi connectivity index (χ2n) is 11.5. The van der Waals surface area contributed by atoms with E-state index in [-0.39, 0.29) is 5.97 Å². The van der Waals surface area contributed by atoms with E-state index in [1.54, 1.807) is 0 Å². The molecular weight excluding hydrogens is 484 g/mol. The van der Waals surface area contributed by atoms with E-state index in [1.165, 1.54) is 11.1 Å². The molecule has 0 bridgehead atoms. The van der Waals surface area contributed by atoms with Gasteiger partial charge in [0.15, 0.2) is 0 Å². The van der Waals surface area contributed by atoms with Crippen LogP contribution in [0, 0.1) is 5.92 Å². The van der Waals surface area contributed by atoms with Crippen LogP contribution in [0.15, 0.2) is 91.0 Å². The van der Waals surface area contributed by atoms with Crippen molar-refractivity contribution in [3.8, 4) is 0 Å². The first-order valence-electron chi connectivity index (χ1n) is 14.5. The van der Waals surface area contributed by atoms with Gasteiger partial charge in [-0.2, -0.15) is 0 Å². The van der Waals surface area contributed by atoms with Crippen LogP contribution in [-0.4, -0.2) is 65.7 Å². The fraction of sp³-hybridized carbons (Fsp3) is 0.441. The third-order valence-corrected chi connectivity index (χ3v) is 8.57. The molecule has 1 N–H and O–H groups in total. The Labute approximate surface area is 233 Å². The minimum absolute atomic E-state index is 0.162. The molecule has 5 nitrogen and oxygen atoms in total. The second kappa shape index (κ2) is 13.4. The molecule has 206 valence electrons. The van der Waals surface area contributed by atoms with Crippen molar-refractivity contribution < 1.29 is 14.6 Å². The number of carbonyl (C=O) groups excluding carboxylic acids is 1. The first-order chi connectivity index (χ1) is 19.1. The lowest BCUT2D eigenvalue weighted by Gasteiger charge is -2.40. The second-order valence-corrected chi connectivity index (χ2v) is 11.5. The minimum atomic E-state index is -0.547. The van der Waals surface area contributed by atoms with Gasteiger partial charge < -0.3 is 14.7 Å². The zero-order chi connectivity index (χ0) is 26.9. The van der Waals surface area contributed by atoms with Crippen LogP contribution in [0.25, 0.3) is 0 Å². The number of ether oxygens (including phenoxy) is 1. The van der Waals surface area contributed by atoms with Crippen LogP contribution in [0.2, 0.25) is 0 Å². The van der Waals surface area contributed by atoms with Crippen molar-refractivity contribution in [3.63, 3.8) is 0 Å². The summed E-state index contributed by atoms with van der Waals surface area (Å²) in [5.74, 6) is 0.670. The van der Waals surface area contributed by atoms with Gasteiger partial charge >= 0.3 is 5.97 Å². The van der Waals surface area contributed by atoms with Crippen LogP contribution in [0.5, 0.6) is 0 Å². The highest BCUT2D eigenvalue weighted by molar-refractivity contribution is 5.71. The number of aliphatic hydroxyl groups is 1. The van der Waals surface area contributed by atoms with Gasteiger partial charge in [0.25, 0.3) is 0 Å². The van der Waals surface area contributed by atoms with Crippen LogP contribution >= 0.6 is 0 Å². The van der Waals surface area contributed by atoms with Gasteiger partial charge in [0.2, 0.25) is 0 Å². The number of piperidine rings is 1. The molecule has 0 spiro atoms. The van der Waals surface area contributed by atoms with Gasteiger partial charge in [0, 0.05) is 38.6 Å². The van der Waals surface area contributed by atoms with Crippen LogP contribution in [0.4, 0.5) is 0 Å². The van der Waals surface area contributed by atoms with Gasteiger partial charge in [-0.25, -0.2) is 0 Å². The number of rotatable bonds is 11. The van der Waals surface area contributed by atoms with Gasteiger partial charge in [0.1, 0.15) is 6.61 Å². The van der Waals surface area contributed by atoms with Crippen LogP contribution in [-0.2, 0) is 22.6 Å². The Morgan fingerprint density at radius 3 is 2.10 bits per heavy atom. The number of hydrogen-bond donors (Lipinski definition) is 1. The van der Waals surface area contributed by atoms with E-state index in [9.17, 15) is 9.90 Å². The van der Waals surface area contributed by atoms with Crippen molar-refractivity contribution in [2.24, 2.45) is 5.92 Å². The van der Waals surface area contributed by atoms with E-state index in [1.807, 2.05) is 30.3 Å². The Balaban J connectivity index is 1.12. The zero-order valence-electron chi connectivity index (χ0n) is 23.0. The molecule has 39 heavy (non-hydrogen) atoms. The number of benzene rings is 3. The molecule has 0 amide bonds. The summed E-state index contributed by atoms with van der Waals surface area (Å²) in [6, 6.07) is 31.1. The average molecular weight is 527 g/mol. The molecule has 2 heterocycles. The summed E-state index contributed by atoms with van der Waals surface area (Å²) in [4.78, 5) is 17.5. The van der Waals surface area contributed by atoms with E-state index in [0.717, 1.165) is 70.4 Å². The molecule has 2 aliphatic heterocycles. The monoisotopic (exact) mass is 526 g/mol. The Kier molecular flexibility index (Phi) is 9.46. The standard InChI is InChI=1S/C34H42N2O3/c37-33(39-27-29-13-6-2-7-14-29)26-36-24-31(32(25-36)30-16-8-3-9-17-30)23-35-21-19-34(38,20-22-35)18-10-15-28-11-4-1-5-12-28/h1-9,11-14,16-17,31-32,38H,10,15,18-27H2/t31-,32+/m0/s1. The molecule has 0 unspecified atom stereocenters. The molecular formula is C34H42N2O3. The van der Waals surface area contributed by atoms with Gasteiger partial charge in [-0.15, -0.1) is 0 Å². The number of carbonyl (C=O) groups is 1. The SMILES string of the molecule is O=C(CN1C[C@H](CN2CCC(O)(CCCc3ccccc3)CC2)[C@@H](c2ccccc2)C1)OCc1ccccc1. The van der Waals surface area contributed by atoms with Crippen molar-refractivity contribution in [1.29, 1.82) is 0 Å². The van der Waals surface area contributed by atoms with E-state index >= 15 is 0 Å². The zero-order valence-corrected chi connectivity index (χ0v) is 23.0. The molecule has 5 rings (SSSR count). The molecule has 0 aliphatic carbocycles. The Morgan fingerprint density at radius 2 is 1.44 bits per heavy atom. The molecule has 3 aromatic carbocycles. The molecule has 2 fully saturated rings. The summed E-state index contributed by atoms with van der Waals surface area (Å²) >= 11 is 0. The average Bonchev–Trinajstić information content (AvgIpc) is 3.36. The lowest BCUT2D eigenvalue weighted by Crippen LogP contribution is -2.46. The lowest BCUT2D eigenvalue weighted by atomic mass is 9.84. The predicted octanol–water partition coefficient (Wildman–Crippen LogP) is 5.30. The highest BCUT2D eigenvalue weighted by Gasteiger charge is 2.38. The molecule has 2 atom stereocenters. The van der Waals surface area contributed by atoms with Crippen molar-refractivity contribution >= 4 is 5.97 Å². The fourth-order valence-electron chi connectivity index (χ4n) is 6.32. The maximum atomic E-state index is 12.7. The van der Waals surface area contributed by atoms with Crippen molar-refractivity contribution in [2.75, 3.05) is 39.3 Å². The molecule has 0 aromatic heterocycles. The smallest absolute Gasteiger partial charge is 0.320 e. The van der Waals surface area contributed by atoms with Gasteiger partial charge in [-0.3, -0.25) is 9.69 Å². The summed E-state index contributed by atoms with van der Waals surface area (Å²) in [7, 11) is 0. The van der Waals surface area contributed by atoms with Gasteiger partial charge in [-0.05, 0) is 54.7 Å². The Morgan fingerprint density at radius 1 is 0.821 bits per heavy atom. The third kappa shape index (κ3) is 8.01. The highest BCUT2D eigenvalue weighted by atomic mass is 16.5. The first kappa shape index (κ1) is 27.6. The topological polar surface area (TPSA) is 53.0 Å². The Bertz CT molecular complexity index is 1150. The molecule has 3 aromatic rings. The van der Waals surface area contributed by atoms with Crippen molar-refractivity contribution in [3.05, 3.63) is 108 Å². The number of hydrogen-bond acceptors (Lipinski definition) is 5. The summed E-state index contributed by atoms with van der Waals surface area (Å²) in [6.45, 7) is 5.26. The lowest BCUT2D eigenvalue weighted by molar-refractivity contribution is -0.146. The summed E-state index contributed by atoms with van der Waals surface area (Å²) in [5, 5.41) is 11.2. The highest BCUT2D eigenvalue weighted by Crippen LogP contribution is 2.35. The molecule has 2 aliphatic rings. The maximum absolute atomic E-state index is 12.7. The van der Waals surface area contributed by atoms with E-state index < -0.39 is 5.60 Å². The number of esters is 1. The summed E-state index contributed by atoms with van der Waals surface area (Å²) < 4.78 is 5.58. The van der Waals surface area contributed by atoms with Crippen molar-refractivity contribution in [2.45, 2.75) is 50.2 Å². The van der Waals surface area contributed by atoms with Crippen LogP contribution in [0.3, 0.4) is 0 Å². The van der Waals surface area contributed by atoms with Crippen LogP contribution in [0.1, 0.15) is 48.3 Å². The molecule has 0 radical (unpaired) electrons.